The second-order valence-electron chi connectivity index (χ2n) is 7.27. The number of nitrogens with zero attached hydrogens (tertiary/aromatic N) is 1. The number of anilines is 2. The Morgan fingerprint density at radius 1 is 1.00 bits per heavy atom. The van der Waals surface area contributed by atoms with Crippen LogP contribution in [0.5, 0.6) is 5.75 Å². The summed E-state index contributed by atoms with van der Waals surface area (Å²) in [6.45, 7) is 3.70. The summed E-state index contributed by atoms with van der Waals surface area (Å²) in [6.07, 6.45) is 5.75. The molecule has 30 heavy (non-hydrogen) atoms. The SMILES string of the molecule is COc1ccc(/C=C/C(=O)O[C@@H](C)C(=O)Nc2ccc(N3CCCCC3)cc2)cc1. The fraction of sp³-hybridized carbons (Fsp3) is 0.333. The van der Waals surface area contributed by atoms with Crippen LogP contribution in [0.25, 0.3) is 6.08 Å². The van der Waals surface area contributed by atoms with Crippen molar-refractivity contribution in [2.45, 2.75) is 32.3 Å². The van der Waals surface area contributed by atoms with E-state index < -0.39 is 12.1 Å². The molecule has 1 saturated heterocycles. The van der Waals surface area contributed by atoms with Crippen LogP contribution in [0.2, 0.25) is 0 Å². The average Bonchev–Trinajstić information content (AvgIpc) is 2.79. The van der Waals surface area contributed by atoms with E-state index in [-0.39, 0.29) is 5.91 Å². The predicted octanol–water partition coefficient (Wildman–Crippen LogP) is 4.27. The predicted molar refractivity (Wildman–Crippen MR) is 119 cm³/mol. The summed E-state index contributed by atoms with van der Waals surface area (Å²) in [7, 11) is 1.59. The molecule has 3 rings (SSSR count). The molecule has 0 radical (unpaired) electrons. The highest BCUT2D eigenvalue weighted by atomic mass is 16.5. The molecular weight excluding hydrogens is 380 g/mol. The van der Waals surface area contributed by atoms with Gasteiger partial charge in [-0.3, -0.25) is 4.79 Å². The Morgan fingerprint density at radius 2 is 1.67 bits per heavy atom. The average molecular weight is 408 g/mol. The molecule has 1 fully saturated rings. The van der Waals surface area contributed by atoms with Gasteiger partial charge in [0.05, 0.1) is 7.11 Å². The standard InChI is InChI=1S/C24H28N2O4/c1-18(30-23(27)15-8-19-6-13-22(29-2)14-7-19)24(28)25-20-9-11-21(12-10-20)26-16-4-3-5-17-26/h6-15,18H,3-5,16-17H2,1-2H3,(H,25,28)/b15-8+/t18-/m0/s1. The van der Waals surface area contributed by atoms with Crippen molar-refractivity contribution in [2.75, 3.05) is 30.4 Å². The van der Waals surface area contributed by atoms with Crippen molar-refractivity contribution in [3.05, 3.63) is 60.2 Å². The minimum absolute atomic E-state index is 0.369. The third-order valence-corrected chi connectivity index (χ3v) is 5.05. The van der Waals surface area contributed by atoms with Gasteiger partial charge in [-0.25, -0.2) is 4.79 Å². The maximum absolute atomic E-state index is 12.3. The highest BCUT2D eigenvalue weighted by Gasteiger charge is 2.17. The first-order valence-corrected chi connectivity index (χ1v) is 10.2. The lowest BCUT2D eigenvalue weighted by Gasteiger charge is -2.28. The van der Waals surface area contributed by atoms with E-state index in [0.717, 1.165) is 30.1 Å². The van der Waals surface area contributed by atoms with Crippen LogP contribution in [-0.2, 0) is 14.3 Å². The molecule has 158 valence electrons. The van der Waals surface area contributed by atoms with Crippen molar-refractivity contribution < 1.29 is 19.1 Å². The lowest BCUT2D eigenvalue weighted by atomic mass is 10.1. The van der Waals surface area contributed by atoms with E-state index in [9.17, 15) is 9.59 Å². The molecule has 1 aliphatic rings. The molecule has 0 saturated carbocycles. The van der Waals surface area contributed by atoms with Gasteiger partial charge in [0.2, 0.25) is 0 Å². The maximum Gasteiger partial charge on any atom is 0.331 e. The van der Waals surface area contributed by atoms with Gasteiger partial charge in [0, 0.05) is 30.5 Å². The van der Waals surface area contributed by atoms with Gasteiger partial charge in [0.25, 0.3) is 5.91 Å². The number of benzene rings is 2. The van der Waals surface area contributed by atoms with Gasteiger partial charge in [-0.2, -0.15) is 0 Å². The van der Waals surface area contributed by atoms with Gasteiger partial charge in [0.15, 0.2) is 6.10 Å². The molecule has 0 spiro atoms. The van der Waals surface area contributed by atoms with Crippen molar-refractivity contribution in [1.29, 1.82) is 0 Å². The Kier molecular flexibility index (Phi) is 7.49. The van der Waals surface area contributed by atoms with Crippen molar-refractivity contribution in [3.8, 4) is 5.75 Å². The molecule has 1 amide bonds. The summed E-state index contributed by atoms with van der Waals surface area (Å²) in [5.74, 6) is -0.204. The summed E-state index contributed by atoms with van der Waals surface area (Å²) in [5, 5.41) is 2.79. The smallest absolute Gasteiger partial charge is 0.331 e. The van der Waals surface area contributed by atoms with E-state index in [1.54, 1.807) is 32.2 Å². The molecule has 1 heterocycles. The Hall–Kier alpha value is -3.28. The molecule has 2 aromatic rings. The second kappa shape index (κ2) is 10.5. The van der Waals surface area contributed by atoms with Crippen LogP contribution in [0.4, 0.5) is 11.4 Å². The minimum Gasteiger partial charge on any atom is -0.497 e. The van der Waals surface area contributed by atoms with E-state index in [1.165, 1.54) is 25.3 Å². The van der Waals surface area contributed by atoms with Gasteiger partial charge >= 0.3 is 5.97 Å². The van der Waals surface area contributed by atoms with Gasteiger partial charge in [-0.15, -0.1) is 0 Å². The topological polar surface area (TPSA) is 67.9 Å². The summed E-state index contributed by atoms with van der Waals surface area (Å²) in [5.41, 5.74) is 2.67. The summed E-state index contributed by atoms with van der Waals surface area (Å²) in [6, 6.07) is 15.0. The van der Waals surface area contributed by atoms with E-state index in [0.29, 0.717) is 5.69 Å². The number of hydrogen-bond acceptors (Lipinski definition) is 5. The first kappa shape index (κ1) is 21.4. The number of nitrogens with one attached hydrogen (secondary N) is 1. The number of hydrogen-bond donors (Lipinski definition) is 1. The van der Waals surface area contributed by atoms with Crippen molar-refractivity contribution in [1.82, 2.24) is 0 Å². The number of ether oxygens (including phenoxy) is 2. The molecule has 1 aliphatic heterocycles. The fourth-order valence-electron chi connectivity index (χ4n) is 3.30. The zero-order chi connectivity index (χ0) is 21.3. The third-order valence-electron chi connectivity index (χ3n) is 5.05. The minimum atomic E-state index is -0.903. The van der Waals surface area contributed by atoms with Crippen LogP contribution >= 0.6 is 0 Å². The molecule has 0 aliphatic carbocycles. The molecule has 0 bridgehead atoms. The van der Waals surface area contributed by atoms with Crippen LogP contribution in [0.15, 0.2) is 54.6 Å². The van der Waals surface area contributed by atoms with Gasteiger partial charge < -0.3 is 19.7 Å². The van der Waals surface area contributed by atoms with Gasteiger partial charge in [-0.1, -0.05) is 12.1 Å². The summed E-state index contributed by atoms with van der Waals surface area (Å²) in [4.78, 5) is 26.7. The van der Waals surface area contributed by atoms with E-state index in [4.69, 9.17) is 9.47 Å². The monoisotopic (exact) mass is 408 g/mol. The van der Waals surface area contributed by atoms with E-state index in [1.807, 2.05) is 36.4 Å². The zero-order valence-corrected chi connectivity index (χ0v) is 17.5. The Bertz CT molecular complexity index is 869. The summed E-state index contributed by atoms with van der Waals surface area (Å²) >= 11 is 0. The third kappa shape index (κ3) is 6.11. The zero-order valence-electron chi connectivity index (χ0n) is 17.5. The van der Waals surface area contributed by atoms with Crippen molar-refractivity contribution >= 4 is 29.3 Å². The number of esters is 1. The van der Waals surface area contributed by atoms with Gasteiger partial charge in [-0.05, 0) is 74.2 Å². The van der Waals surface area contributed by atoms with Gasteiger partial charge in [0.1, 0.15) is 5.75 Å². The molecule has 2 aromatic carbocycles. The molecule has 0 unspecified atom stereocenters. The molecule has 1 atom stereocenters. The highest BCUT2D eigenvalue weighted by Crippen LogP contribution is 2.22. The summed E-state index contributed by atoms with van der Waals surface area (Å²) < 4.78 is 10.3. The van der Waals surface area contributed by atoms with Crippen molar-refractivity contribution in [2.24, 2.45) is 0 Å². The Morgan fingerprint density at radius 3 is 2.30 bits per heavy atom. The molecule has 0 aromatic heterocycles. The molecule has 1 N–H and O–H groups in total. The highest BCUT2D eigenvalue weighted by molar-refractivity contribution is 5.96. The molecule has 6 nitrogen and oxygen atoms in total. The molecular formula is C24H28N2O4. The lowest BCUT2D eigenvalue weighted by Crippen LogP contribution is -2.30. The second-order valence-corrected chi connectivity index (χ2v) is 7.27. The van der Waals surface area contributed by atoms with E-state index in [2.05, 4.69) is 10.2 Å². The number of carbonyl (C=O) groups excluding carboxylic acids is 2. The quantitative estimate of drug-likeness (QED) is 0.547. The first-order chi connectivity index (χ1) is 14.5. The van der Waals surface area contributed by atoms with Crippen molar-refractivity contribution in [3.63, 3.8) is 0 Å². The lowest BCUT2D eigenvalue weighted by molar-refractivity contribution is -0.148. The number of rotatable bonds is 7. The normalized spacial score (nSPS) is 14.9. The number of amides is 1. The van der Waals surface area contributed by atoms with Crippen LogP contribution in [0.3, 0.4) is 0 Å². The van der Waals surface area contributed by atoms with Crippen LogP contribution < -0.4 is 15.0 Å². The molecule has 6 heteroatoms. The maximum atomic E-state index is 12.3. The fourth-order valence-corrected chi connectivity index (χ4v) is 3.30. The first-order valence-electron chi connectivity index (χ1n) is 10.2. The van der Waals surface area contributed by atoms with Crippen LogP contribution in [0, 0.1) is 0 Å². The van der Waals surface area contributed by atoms with Crippen LogP contribution in [0.1, 0.15) is 31.7 Å². The number of piperidine rings is 1. The van der Waals surface area contributed by atoms with Crippen LogP contribution in [-0.4, -0.2) is 38.2 Å². The number of methoxy groups -OCH3 is 1. The Labute approximate surface area is 177 Å². The Balaban J connectivity index is 1.48. The largest absolute Gasteiger partial charge is 0.497 e. The van der Waals surface area contributed by atoms with E-state index >= 15 is 0 Å². The number of carbonyl (C=O) groups is 2.